The maximum Gasteiger partial charge on any atom is 0.250 e. The Bertz CT molecular complexity index is 818. The van der Waals surface area contributed by atoms with Gasteiger partial charge in [-0.15, -0.1) is 0 Å². The molecular formula is C17H21N7. The van der Waals surface area contributed by atoms with E-state index in [0.29, 0.717) is 5.92 Å². The molecule has 1 aliphatic rings. The van der Waals surface area contributed by atoms with Crippen molar-refractivity contribution < 1.29 is 0 Å². The summed E-state index contributed by atoms with van der Waals surface area (Å²) in [5, 5.41) is 12.4. The summed E-state index contributed by atoms with van der Waals surface area (Å²) in [6.45, 7) is 3.93. The first-order valence-electron chi connectivity index (χ1n) is 8.30. The van der Waals surface area contributed by atoms with Crippen molar-refractivity contribution in [2.24, 2.45) is 7.05 Å². The number of imidazole rings is 1. The van der Waals surface area contributed by atoms with E-state index in [1.807, 2.05) is 17.1 Å². The summed E-state index contributed by atoms with van der Waals surface area (Å²) < 4.78 is 3.93. The Kier molecular flexibility index (Phi) is 3.76. The van der Waals surface area contributed by atoms with Gasteiger partial charge in [-0.05, 0) is 42.3 Å². The second-order valence-electron chi connectivity index (χ2n) is 6.41. The van der Waals surface area contributed by atoms with Crippen LogP contribution in [0.4, 0.5) is 5.95 Å². The minimum absolute atomic E-state index is 0.405. The molecule has 1 unspecified atom stereocenters. The van der Waals surface area contributed by atoms with Crippen LogP contribution in [0.15, 0.2) is 36.7 Å². The van der Waals surface area contributed by atoms with Gasteiger partial charge in [0.15, 0.2) is 0 Å². The average molecular weight is 323 g/mol. The van der Waals surface area contributed by atoms with Crippen molar-refractivity contribution in [1.82, 2.24) is 29.8 Å². The third-order valence-electron chi connectivity index (χ3n) is 4.66. The molecule has 7 heteroatoms. The zero-order valence-electron chi connectivity index (χ0n) is 14.0. The lowest BCUT2D eigenvalue weighted by atomic mass is 9.97. The van der Waals surface area contributed by atoms with E-state index < -0.39 is 0 Å². The molecule has 3 aromatic rings. The molecule has 0 N–H and O–H groups in total. The zero-order chi connectivity index (χ0) is 16.5. The molecule has 0 amide bonds. The van der Waals surface area contributed by atoms with E-state index in [4.69, 9.17) is 0 Å². The van der Waals surface area contributed by atoms with Crippen LogP contribution in [0.1, 0.15) is 30.1 Å². The van der Waals surface area contributed by atoms with Crippen molar-refractivity contribution in [2.45, 2.75) is 25.7 Å². The molecule has 1 atom stereocenters. The van der Waals surface area contributed by atoms with Crippen LogP contribution in [0.2, 0.25) is 0 Å². The summed E-state index contributed by atoms with van der Waals surface area (Å²) in [5.41, 5.74) is 2.21. The number of aromatic nitrogens is 6. The highest BCUT2D eigenvalue weighted by Gasteiger charge is 2.27. The van der Waals surface area contributed by atoms with Crippen LogP contribution >= 0.6 is 0 Å². The van der Waals surface area contributed by atoms with E-state index in [1.165, 1.54) is 5.56 Å². The van der Waals surface area contributed by atoms with Gasteiger partial charge < -0.3 is 9.47 Å². The predicted octanol–water partition coefficient (Wildman–Crippen LogP) is 2.09. The standard InChI is InChI=1S/C17H21N7/c1-13-5-7-15(8-6-13)24-17(19-20-21-24)23-10-3-4-14(12-23)16-18-9-11-22(16)2/h5-9,11,14H,3-4,10,12H2,1-2H3. The van der Waals surface area contributed by atoms with Gasteiger partial charge in [0.2, 0.25) is 5.95 Å². The third kappa shape index (κ3) is 2.66. The van der Waals surface area contributed by atoms with Crippen molar-refractivity contribution >= 4 is 5.95 Å². The van der Waals surface area contributed by atoms with Crippen molar-refractivity contribution in [3.63, 3.8) is 0 Å². The van der Waals surface area contributed by atoms with Gasteiger partial charge in [0, 0.05) is 38.4 Å². The number of anilines is 1. The van der Waals surface area contributed by atoms with Gasteiger partial charge in [-0.1, -0.05) is 22.8 Å². The zero-order valence-corrected chi connectivity index (χ0v) is 14.0. The molecule has 0 radical (unpaired) electrons. The maximum atomic E-state index is 4.52. The van der Waals surface area contributed by atoms with Crippen LogP contribution in [-0.4, -0.2) is 42.8 Å². The van der Waals surface area contributed by atoms with E-state index in [2.05, 4.69) is 68.2 Å². The predicted molar refractivity (Wildman–Crippen MR) is 91.3 cm³/mol. The minimum atomic E-state index is 0.405. The molecule has 2 aromatic heterocycles. The van der Waals surface area contributed by atoms with Gasteiger partial charge in [-0.3, -0.25) is 0 Å². The molecule has 1 saturated heterocycles. The van der Waals surface area contributed by atoms with Crippen LogP contribution in [0.5, 0.6) is 0 Å². The average Bonchev–Trinajstić information content (AvgIpc) is 3.25. The third-order valence-corrected chi connectivity index (χ3v) is 4.66. The molecule has 124 valence electrons. The normalized spacial score (nSPS) is 18.1. The number of piperidine rings is 1. The molecule has 3 heterocycles. The Labute approximate surface area is 140 Å². The molecule has 0 spiro atoms. The first-order valence-corrected chi connectivity index (χ1v) is 8.30. The lowest BCUT2D eigenvalue weighted by Gasteiger charge is -2.32. The summed E-state index contributed by atoms with van der Waals surface area (Å²) in [7, 11) is 2.05. The van der Waals surface area contributed by atoms with E-state index >= 15 is 0 Å². The Morgan fingerprint density at radius 3 is 2.75 bits per heavy atom. The number of hydrogen-bond acceptors (Lipinski definition) is 5. The van der Waals surface area contributed by atoms with Crippen LogP contribution < -0.4 is 4.90 Å². The molecule has 0 aliphatic carbocycles. The van der Waals surface area contributed by atoms with E-state index in [1.54, 1.807) is 0 Å². The van der Waals surface area contributed by atoms with E-state index in [0.717, 1.165) is 43.4 Å². The summed E-state index contributed by atoms with van der Waals surface area (Å²) in [6.07, 6.45) is 6.13. The first kappa shape index (κ1) is 14.9. The Morgan fingerprint density at radius 1 is 1.17 bits per heavy atom. The quantitative estimate of drug-likeness (QED) is 0.738. The molecule has 0 bridgehead atoms. The largest absolute Gasteiger partial charge is 0.339 e. The highest BCUT2D eigenvalue weighted by molar-refractivity contribution is 5.42. The molecule has 1 aromatic carbocycles. The van der Waals surface area contributed by atoms with Gasteiger partial charge in [0.05, 0.1) is 5.69 Å². The number of nitrogens with zero attached hydrogens (tertiary/aromatic N) is 7. The minimum Gasteiger partial charge on any atom is -0.339 e. The van der Waals surface area contributed by atoms with Crippen LogP contribution in [0, 0.1) is 6.92 Å². The molecular weight excluding hydrogens is 302 g/mol. The van der Waals surface area contributed by atoms with Crippen molar-refractivity contribution in [3.8, 4) is 5.69 Å². The van der Waals surface area contributed by atoms with E-state index in [-0.39, 0.29) is 0 Å². The van der Waals surface area contributed by atoms with Crippen LogP contribution in [-0.2, 0) is 7.05 Å². The lowest BCUT2D eigenvalue weighted by Crippen LogP contribution is -2.37. The molecule has 24 heavy (non-hydrogen) atoms. The fraction of sp³-hybridized carbons (Fsp3) is 0.412. The lowest BCUT2D eigenvalue weighted by molar-refractivity contribution is 0.473. The SMILES string of the molecule is Cc1ccc(-n2nnnc2N2CCCC(c3nccn3C)C2)cc1. The van der Waals surface area contributed by atoms with Gasteiger partial charge >= 0.3 is 0 Å². The summed E-state index contributed by atoms with van der Waals surface area (Å²) in [4.78, 5) is 6.79. The smallest absolute Gasteiger partial charge is 0.250 e. The Hall–Kier alpha value is -2.70. The second-order valence-corrected chi connectivity index (χ2v) is 6.41. The molecule has 1 fully saturated rings. The highest BCUT2D eigenvalue weighted by atomic mass is 15.6. The molecule has 7 nitrogen and oxygen atoms in total. The molecule has 0 saturated carbocycles. The number of rotatable bonds is 3. The number of aryl methyl sites for hydroxylation is 2. The topological polar surface area (TPSA) is 64.7 Å². The van der Waals surface area contributed by atoms with Crippen LogP contribution in [0.3, 0.4) is 0 Å². The molecule has 1 aliphatic heterocycles. The van der Waals surface area contributed by atoms with Gasteiger partial charge in [-0.2, -0.15) is 4.68 Å². The van der Waals surface area contributed by atoms with Gasteiger partial charge in [0.25, 0.3) is 0 Å². The Balaban J connectivity index is 1.61. The maximum absolute atomic E-state index is 4.52. The number of tetrazole rings is 1. The fourth-order valence-electron chi connectivity index (χ4n) is 3.37. The highest BCUT2D eigenvalue weighted by Crippen LogP contribution is 2.28. The van der Waals surface area contributed by atoms with Crippen molar-refractivity contribution in [3.05, 3.63) is 48.0 Å². The van der Waals surface area contributed by atoms with Gasteiger partial charge in [0.1, 0.15) is 5.82 Å². The fourth-order valence-corrected chi connectivity index (χ4v) is 3.37. The number of benzene rings is 1. The van der Waals surface area contributed by atoms with Crippen molar-refractivity contribution in [1.29, 1.82) is 0 Å². The summed E-state index contributed by atoms with van der Waals surface area (Å²) in [6, 6.07) is 8.26. The summed E-state index contributed by atoms with van der Waals surface area (Å²) in [5.74, 6) is 2.34. The Morgan fingerprint density at radius 2 is 2.00 bits per heavy atom. The van der Waals surface area contributed by atoms with Gasteiger partial charge in [-0.25, -0.2) is 4.98 Å². The molecule has 4 rings (SSSR count). The summed E-state index contributed by atoms with van der Waals surface area (Å²) >= 11 is 0. The van der Waals surface area contributed by atoms with E-state index in [9.17, 15) is 0 Å². The second kappa shape index (κ2) is 6.07. The van der Waals surface area contributed by atoms with Crippen molar-refractivity contribution in [2.75, 3.05) is 18.0 Å². The first-order chi connectivity index (χ1) is 11.7. The monoisotopic (exact) mass is 323 g/mol. The number of hydrogen-bond donors (Lipinski definition) is 0. The van der Waals surface area contributed by atoms with Crippen LogP contribution in [0.25, 0.3) is 5.69 Å².